The lowest BCUT2D eigenvalue weighted by molar-refractivity contribution is -0.137. The molecule has 0 saturated carbocycles. The first-order chi connectivity index (χ1) is 12.8. The molecule has 1 aliphatic rings. The Hall–Kier alpha value is -0.980. The first-order valence-corrected chi connectivity index (χ1v) is 9.67. The van der Waals surface area contributed by atoms with Gasteiger partial charge in [-0.05, 0) is 48.4 Å². The molecule has 1 atom stereocenters. The standard InChI is InChI=1S/C19H18Cl3F3N2/c20-15-4-2-12(10-14(15)19(23,24)25)18(27-8-1-6-26-7-9-27)13-3-5-16(21)17(22)11-13/h2-5,10-11,18,26H,1,6-9H2. The predicted octanol–water partition coefficient (Wildman–Crippen LogP) is 6.05. The highest BCUT2D eigenvalue weighted by atomic mass is 35.5. The molecule has 0 aliphatic carbocycles. The van der Waals surface area contributed by atoms with Gasteiger partial charge in [0.05, 0.1) is 26.7 Å². The molecule has 2 nitrogen and oxygen atoms in total. The molecule has 27 heavy (non-hydrogen) atoms. The Balaban J connectivity index is 2.10. The van der Waals surface area contributed by atoms with Crippen molar-refractivity contribution in [2.45, 2.75) is 18.6 Å². The first kappa shape index (κ1) is 20.7. The maximum absolute atomic E-state index is 13.4. The summed E-state index contributed by atoms with van der Waals surface area (Å²) < 4.78 is 40.1. The van der Waals surface area contributed by atoms with Gasteiger partial charge in [0, 0.05) is 19.6 Å². The molecular weight excluding hydrogens is 420 g/mol. The summed E-state index contributed by atoms with van der Waals surface area (Å²) in [4.78, 5) is 2.16. The van der Waals surface area contributed by atoms with Gasteiger partial charge in [0.15, 0.2) is 0 Å². The van der Waals surface area contributed by atoms with Gasteiger partial charge in [-0.25, -0.2) is 0 Å². The maximum atomic E-state index is 13.4. The van der Waals surface area contributed by atoms with Crippen LogP contribution in [0.2, 0.25) is 15.1 Å². The highest BCUT2D eigenvalue weighted by molar-refractivity contribution is 6.42. The Morgan fingerprint density at radius 3 is 2.19 bits per heavy atom. The molecule has 1 fully saturated rings. The molecule has 1 heterocycles. The monoisotopic (exact) mass is 436 g/mol. The van der Waals surface area contributed by atoms with Crippen molar-refractivity contribution >= 4 is 34.8 Å². The van der Waals surface area contributed by atoms with Gasteiger partial charge in [0.25, 0.3) is 0 Å². The van der Waals surface area contributed by atoms with Gasteiger partial charge >= 0.3 is 6.18 Å². The second-order valence-electron chi connectivity index (χ2n) is 6.45. The first-order valence-electron chi connectivity index (χ1n) is 8.54. The Labute approximate surface area is 171 Å². The lowest BCUT2D eigenvalue weighted by Gasteiger charge is -2.32. The number of benzene rings is 2. The van der Waals surface area contributed by atoms with Crippen LogP contribution in [-0.4, -0.2) is 31.1 Å². The van der Waals surface area contributed by atoms with E-state index in [1.807, 2.05) is 0 Å². The van der Waals surface area contributed by atoms with Crippen LogP contribution in [0.3, 0.4) is 0 Å². The van der Waals surface area contributed by atoms with Crippen molar-refractivity contribution < 1.29 is 13.2 Å². The molecule has 146 valence electrons. The molecule has 8 heteroatoms. The van der Waals surface area contributed by atoms with Gasteiger partial charge in [-0.2, -0.15) is 13.2 Å². The zero-order valence-corrected chi connectivity index (χ0v) is 16.6. The molecule has 0 bridgehead atoms. The third-order valence-corrected chi connectivity index (χ3v) is 5.68. The fraction of sp³-hybridized carbons (Fsp3) is 0.368. The van der Waals surface area contributed by atoms with E-state index in [4.69, 9.17) is 34.8 Å². The Bertz CT molecular complexity index is 803. The molecule has 1 saturated heterocycles. The topological polar surface area (TPSA) is 15.3 Å². The van der Waals surface area contributed by atoms with Crippen LogP contribution in [-0.2, 0) is 6.18 Å². The molecule has 2 aromatic carbocycles. The molecule has 1 N–H and O–H groups in total. The van der Waals surface area contributed by atoms with E-state index in [1.54, 1.807) is 24.3 Å². The van der Waals surface area contributed by atoms with Crippen molar-refractivity contribution in [3.63, 3.8) is 0 Å². The normalized spacial score (nSPS) is 17.6. The Kier molecular flexibility index (Phi) is 6.59. The zero-order chi connectivity index (χ0) is 19.6. The number of nitrogens with zero attached hydrogens (tertiary/aromatic N) is 1. The van der Waals surface area contributed by atoms with E-state index in [-0.39, 0.29) is 11.1 Å². The molecule has 1 unspecified atom stereocenters. The average molecular weight is 438 g/mol. The molecule has 0 radical (unpaired) electrons. The van der Waals surface area contributed by atoms with Gasteiger partial charge in [0.2, 0.25) is 0 Å². The number of halogens is 6. The summed E-state index contributed by atoms with van der Waals surface area (Å²) >= 11 is 18.0. The number of hydrogen-bond donors (Lipinski definition) is 1. The average Bonchev–Trinajstić information content (AvgIpc) is 2.88. The smallest absolute Gasteiger partial charge is 0.315 e. The van der Waals surface area contributed by atoms with Crippen LogP contribution in [0.5, 0.6) is 0 Å². The van der Waals surface area contributed by atoms with Crippen LogP contribution >= 0.6 is 34.8 Å². The second kappa shape index (κ2) is 8.58. The second-order valence-corrected chi connectivity index (χ2v) is 7.67. The van der Waals surface area contributed by atoms with Crippen molar-refractivity contribution in [1.82, 2.24) is 10.2 Å². The lowest BCUT2D eigenvalue weighted by Crippen LogP contribution is -2.33. The van der Waals surface area contributed by atoms with Crippen LogP contribution in [0, 0.1) is 0 Å². The number of nitrogens with one attached hydrogen (secondary N) is 1. The van der Waals surface area contributed by atoms with E-state index >= 15 is 0 Å². The summed E-state index contributed by atoms with van der Waals surface area (Å²) in [6, 6.07) is 8.89. The van der Waals surface area contributed by atoms with Crippen molar-refractivity contribution in [3.8, 4) is 0 Å². The molecule has 1 aliphatic heterocycles. The molecular formula is C19H18Cl3F3N2. The third-order valence-electron chi connectivity index (χ3n) is 4.61. The number of rotatable bonds is 3. The van der Waals surface area contributed by atoms with E-state index in [1.165, 1.54) is 6.07 Å². The Morgan fingerprint density at radius 2 is 1.52 bits per heavy atom. The van der Waals surface area contributed by atoms with E-state index in [0.717, 1.165) is 37.7 Å². The van der Waals surface area contributed by atoms with Gasteiger partial charge < -0.3 is 5.32 Å². The summed E-state index contributed by atoms with van der Waals surface area (Å²) in [5.74, 6) is 0. The molecule has 0 amide bonds. The lowest BCUT2D eigenvalue weighted by atomic mass is 9.95. The minimum absolute atomic E-state index is 0.309. The largest absolute Gasteiger partial charge is 0.417 e. The molecule has 0 spiro atoms. The summed E-state index contributed by atoms with van der Waals surface area (Å²) in [6.07, 6.45) is -3.62. The van der Waals surface area contributed by atoms with Crippen LogP contribution in [0.25, 0.3) is 0 Å². The quantitative estimate of drug-likeness (QED) is 0.629. The van der Waals surface area contributed by atoms with E-state index in [0.29, 0.717) is 22.2 Å². The van der Waals surface area contributed by atoms with Gasteiger partial charge in [0.1, 0.15) is 0 Å². The zero-order valence-electron chi connectivity index (χ0n) is 14.3. The number of alkyl halides is 3. The predicted molar refractivity (Wildman–Crippen MR) is 104 cm³/mol. The van der Waals surface area contributed by atoms with Gasteiger partial charge in [-0.1, -0.05) is 46.9 Å². The summed E-state index contributed by atoms with van der Waals surface area (Å²) in [5.41, 5.74) is 0.480. The Morgan fingerprint density at radius 1 is 0.852 bits per heavy atom. The van der Waals surface area contributed by atoms with Crippen LogP contribution in [0.1, 0.15) is 29.2 Å². The third kappa shape index (κ3) is 4.90. The maximum Gasteiger partial charge on any atom is 0.417 e. The van der Waals surface area contributed by atoms with Crippen molar-refractivity contribution in [2.24, 2.45) is 0 Å². The number of hydrogen-bond acceptors (Lipinski definition) is 2. The van der Waals surface area contributed by atoms with Crippen LogP contribution in [0.15, 0.2) is 36.4 Å². The minimum Gasteiger partial charge on any atom is -0.315 e. The summed E-state index contributed by atoms with van der Waals surface area (Å²) in [7, 11) is 0. The highest BCUT2D eigenvalue weighted by Gasteiger charge is 2.35. The van der Waals surface area contributed by atoms with Crippen LogP contribution < -0.4 is 5.32 Å². The van der Waals surface area contributed by atoms with Crippen molar-refractivity contribution in [3.05, 3.63) is 68.2 Å². The minimum atomic E-state index is -4.52. The molecule has 2 aromatic rings. The van der Waals surface area contributed by atoms with Crippen LogP contribution in [0.4, 0.5) is 13.2 Å². The van der Waals surface area contributed by atoms with E-state index in [9.17, 15) is 13.2 Å². The fourth-order valence-electron chi connectivity index (χ4n) is 3.35. The molecule has 0 aromatic heterocycles. The van der Waals surface area contributed by atoms with Crippen molar-refractivity contribution in [1.29, 1.82) is 0 Å². The fourth-order valence-corrected chi connectivity index (χ4v) is 3.88. The van der Waals surface area contributed by atoms with E-state index < -0.39 is 11.7 Å². The highest BCUT2D eigenvalue weighted by Crippen LogP contribution is 2.39. The van der Waals surface area contributed by atoms with Gasteiger partial charge in [-0.15, -0.1) is 0 Å². The SMILES string of the molecule is FC(F)(F)c1cc(C(c2ccc(Cl)c(Cl)c2)N2CCCNCC2)ccc1Cl. The summed E-state index contributed by atoms with van der Waals surface area (Å²) in [6.45, 7) is 3.09. The van der Waals surface area contributed by atoms with Gasteiger partial charge in [-0.3, -0.25) is 4.90 Å². The summed E-state index contributed by atoms with van der Waals surface area (Å²) in [5, 5.41) is 3.78. The van der Waals surface area contributed by atoms with E-state index in [2.05, 4.69) is 10.2 Å². The van der Waals surface area contributed by atoms with Crippen molar-refractivity contribution in [2.75, 3.05) is 26.2 Å². The molecule has 3 rings (SSSR count).